The molecular weight excluding hydrogens is 280 g/mol. The Hall–Kier alpha value is -1.47. The zero-order valence-electron chi connectivity index (χ0n) is 11.6. The molecule has 20 heavy (non-hydrogen) atoms. The summed E-state index contributed by atoms with van der Waals surface area (Å²) in [4.78, 5) is 28.4. The number of amides is 1. The molecule has 1 aromatic rings. The van der Waals surface area contributed by atoms with E-state index < -0.39 is 5.54 Å². The van der Waals surface area contributed by atoms with Gasteiger partial charge in [-0.3, -0.25) is 4.79 Å². The van der Waals surface area contributed by atoms with Crippen molar-refractivity contribution in [1.29, 1.82) is 0 Å². The van der Waals surface area contributed by atoms with Crippen molar-refractivity contribution in [2.75, 3.05) is 14.2 Å². The van der Waals surface area contributed by atoms with Gasteiger partial charge in [0.1, 0.15) is 16.2 Å². The Balaban J connectivity index is 2.10. The molecule has 1 amide bonds. The Labute approximate surface area is 121 Å². The summed E-state index contributed by atoms with van der Waals surface area (Å²) in [6.45, 7) is 0.375. The lowest BCUT2D eigenvalue weighted by Crippen LogP contribution is -2.53. The number of hydrogen-bond acceptors (Lipinski definition) is 6. The van der Waals surface area contributed by atoms with E-state index in [9.17, 15) is 9.59 Å². The summed E-state index contributed by atoms with van der Waals surface area (Å²) in [6, 6.07) is 0. The van der Waals surface area contributed by atoms with Crippen molar-refractivity contribution in [3.8, 4) is 0 Å². The van der Waals surface area contributed by atoms with Gasteiger partial charge < -0.3 is 14.8 Å². The van der Waals surface area contributed by atoms with Crippen LogP contribution in [0.1, 0.15) is 41.2 Å². The smallest absolute Gasteiger partial charge is 0.331 e. The molecule has 0 spiro atoms. The second kappa shape index (κ2) is 6.32. The molecule has 0 aliphatic heterocycles. The zero-order chi connectivity index (χ0) is 14.6. The van der Waals surface area contributed by atoms with E-state index in [0.717, 1.165) is 17.8 Å². The summed E-state index contributed by atoms with van der Waals surface area (Å²) in [5.74, 6) is -0.716. The molecule has 0 aromatic carbocycles. The number of carbonyl (C=O) groups excluding carboxylic acids is 2. The maximum Gasteiger partial charge on any atom is 0.331 e. The summed E-state index contributed by atoms with van der Waals surface area (Å²) in [5, 5.41) is 5.21. The Kier molecular flexibility index (Phi) is 4.72. The molecule has 110 valence electrons. The molecule has 0 unspecified atom stereocenters. The molecule has 1 aromatic heterocycles. The van der Waals surface area contributed by atoms with Gasteiger partial charge in [-0.1, -0.05) is 12.8 Å². The van der Waals surface area contributed by atoms with Crippen LogP contribution in [-0.2, 0) is 20.9 Å². The van der Waals surface area contributed by atoms with Gasteiger partial charge in [0.05, 0.1) is 13.7 Å². The Morgan fingerprint density at radius 1 is 1.40 bits per heavy atom. The van der Waals surface area contributed by atoms with Crippen LogP contribution in [0.2, 0.25) is 0 Å². The first kappa shape index (κ1) is 14.9. The summed E-state index contributed by atoms with van der Waals surface area (Å²) in [6.07, 6.45) is 3.03. The number of rotatable bonds is 5. The van der Waals surface area contributed by atoms with Crippen molar-refractivity contribution >= 4 is 23.2 Å². The standard InChI is InChI=1S/C13H18N2O4S/c1-18-7-10-14-9(8-20-10)11(16)15-13(12(17)19-2)5-3-4-6-13/h8H,3-7H2,1-2H3,(H,15,16). The molecule has 6 nitrogen and oxygen atoms in total. The number of esters is 1. The number of nitrogens with zero attached hydrogens (tertiary/aromatic N) is 1. The van der Waals surface area contributed by atoms with Gasteiger partial charge in [-0.15, -0.1) is 11.3 Å². The van der Waals surface area contributed by atoms with E-state index in [0.29, 0.717) is 25.1 Å². The maximum absolute atomic E-state index is 12.2. The van der Waals surface area contributed by atoms with Crippen LogP contribution < -0.4 is 5.32 Å². The lowest BCUT2D eigenvalue weighted by molar-refractivity contribution is -0.148. The molecule has 0 atom stereocenters. The molecule has 1 fully saturated rings. The first-order chi connectivity index (χ1) is 9.61. The Morgan fingerprint density at radius 3 is 2.70 bits per heavy atom. The maximum atomic E-state index is 12.2. The Morgan fingerprint density at radius 2 is 2.10 bits per heavy atom. The second-order valence-electron chi connectivity index (χ2n) is 4.79. The number of methoxy groups -OCH3 is 2. The highest BCUT2D eigenvalue weighted by Crippen LogP contribution is 2.31. The zero-order valence-corrected chi connectivity index (χ0v) is 12.4. The van der Waals surface area contributed by atoms with E-state index in [1.54, 1.807) is 12.5 Å². The summed E-state index contributed by atoms with van der Waals surface area (Å²) < 4.78 is 9.80. The largest absolute Gasteiger partial charge is 0.467 e. The van der Waals surface area contributed by atoms with Gasteiger partial charge in [0.15, 0.2) is 0 Å². The molecule has 2 rings (SSSR count). The van der Waals surface area contributed by atoms with E-state index in [1.165, 1.54) is 18.4 Å². The molecule has 1 aliphatic rings. The number of carbonyl (C=O) groups is 2. The van der Waals surface area contributed by atoms with E-state index in [-0.39, 0.29) is 11.9 Å². The quantitative estimate of drug-likeness (QED) is 0.834. The van der Waals surface area contributed by atoms with Gasteiger partial charge >= 0.3 is 5.97 Å². The van der Waals surface area contributed by atoms with E-state index in [1.807, 2.05) is 0 Å². The van der Waals surface area contributed by atoms with Crippen molar-refractivity contribution in [1.82, 2.24) is 10.3 Å². The predicted molar refractivity (Wildman–Crippen MR) is 73.5 cm³/mol. The van der Waals surface area contributed by atoms with E-state index in [4.69, 9.17) is 9.47 Å². The number of thiazole rings is 1. The van der Waals surface area contributed by atoms with Gasteiger partial charge in [0.2, 0.25) is 0 Å². The first-order valence-corrected chi connectivity index (χ1v) is 7.33. The van der Waals surface area contributed by atoms with Crippen LogP contribution >= 0.6 is 11.3 Å². The highest BCUT2D eigenvalue weighted by molar-refractivity contribution is 7.09. The van der Waals surface area contributed by atoms with Crippen LogP contribution in [0.3, 0.4) is 0 Å². The van der Waals surface area contributed by atoms with Crippen LogP contribution in [-0.4, -0.2) is 36.6 Å². The lowest BCUT2D eigenvalue weighted by Gasteiger charge is -2.26. The van der Waals surface area contributed by atoms with E-state index >= 15 is 0 Å². The molecule has 1 aliphatic carbocycles. The highest BCUT2D eigenvalue weighted by Gasteiger charge is 2.43. The first-order valence-electron chi connectivity index (χ1n) is 6.45. The van der Waals surface area contributed by atoms with Crippen LogP contribution in [0.5, 0.6) is 0 Å². The monoisotopic (exact) mass is 298 g/mol. The molecule has 0 radical (unpaired) electrons. The van der Waals surface area contributed by atoms with Crippen molar-refractivity contribution in [3.05, 3.63) is 16.1 Å². The molecule has 7 heteroatoms. The molecule has 1 heterocycles. The van der Waals surface area contributed by atoms with Gasteiger partial charge in [0.25, 0.3) is 5.91 Å². The summed E-state index contributed by atoms with van der Waals surface area (Å²) in [5.41, 5.74) is -0.575. The molecule has 1 N–H and O–H groups in total. The molecule has 0 bridgehead atoms. The fourth-order valence-corrected chi connectivity index (χ4v) is 3.18. The van der Waals surface area contributed by atoms with Gasteiger partial charge in [0, 0.05) is 12.5 Å². The fourth-order valence-electron chi connectivity index (χ4n) is 2.44. The minimum Gasteiger partial charge on any atom is -0.467 e. The average molecular weight is 298 g/mol. The molecule has 1 saturated carbocycles. The second-order valence-corrected chi connectivity index (χ2v) is 5.74. The number of ether oxygens (including phenoxy) is 2. The van der Waals surface area contributed by atoms with Crippen LogP contribution in [0.25, 0.3) is 0 Å². The minimum atomic E-state index is -0.892. The van der Waals surface area contributed by atoms with Crippen molar-refractivity contribution in [3.63, 3.8) is 0 Å². The minimum absolute atomic E-state index is 0.317. The van der Waals surface area contributed by atoms with Gasteiger partial charge in [-0.2, -0.15) is 0 Å². The van der Waals surface area contributed by atoms with E-state index in [2.05, 4.69) is 10.3 Å². The third kappa shape index (κ3) is 2.99. The third-order valence-electron chi connectivity index (χ3n) is 3.44. The topological polar surface area (TPSA) is 77.5 Å². The SMILES string of the molecule is COCc1nc(C(=O)NC2(C(=O)OC)CCCC2)cs1. The Bertz CT molecular complexity index is 494. The van der Waals surface area contributed by atoms with Crippen LogP contribution in [0.4, 0.5) is 0 Å². The third-order valence-corrected chi connectivity index (χ3v) is 4.26. The number of aromatic nitrogens is 1. The normalized spacial score (nSPS) is 16.9. The van der Waals surface area contributed by atoms with Gasteiger partial charge in [-0.25, -0.2) is 9.78 Å². The lowest BCUT2D eigenvalue weighted by atomic mass is 9.97. The highest BCUT2D eigenvalue weighted by atomic mass is 32.1. The van der Waals surface area contributed by atoms with Crippen LogP contribution in [0.15, 0.2) is 5.38 Å². The summed E-state index contributed by atoms with van der Waals surface area (Å²) >= 11 is 1.36. The number of nitrogens with one attached hydrogen (secondary N) is 1. The van der Waals surface area contributed by atoms with Crippen LogP contribution in [0, 0.1) is 0 Å². The van der Waals surface area contributed by atoms with Crippen molar-refractivity contribution in [2.24, 2.45) is 0 Å². The summed E-state index contributed by atoms with van der Waals surface area (Å²) in [7, 11) is 2.92. The molecule has 0 saturated heterocycles. The average Bonchev–Trinajstić information content (AvgIpc) is 3.08. The molecular formula is C13H18N2O4S. The van der Waals surface area contributed by atoms with Gasteiger partial charge in [-0.05, 0) is 12.8 Å². The fraction of sp³-hybridized carbons (Fsp3) is 0.615. The predicted octanol–water partition coefficient (Wildman–Crippen LogP) is 1.51. The van der Waals surface area contributed by atoms with Crippen molar-refractivity contribution < 1.29 is 19.1 Å². The number of hydrogen-bond donors (Lipinski definition) is 1. The van der Waals surface area contributed by atoms with Crippen molar-refractivity contribution in [2.45, 2.75) is 37.8 Å².